The Balaban J connectivity index is 1.87. The van der Waals surface area contributed by atoms with Crippen molar-refractivity contribution in [1.82, 2.24) is 4.98 Å². The molecule has 5 nitrogen and oxygen atoms in total. The molecule has 26 heavy (non-hydrogen) atoms. The minimum absolute atomic E-state index is 0.228. The van der Waals surface area contributed by atoms with Crippen molar-refractivity contribution in [1.29, 1.82) is 0 Å². The highest BCUT2D eigenvalue weighted by molar-refractivity contribution is 5.88. The number of nitrogens with one attached hydrogen (secondary N) is 1. The predicted molar refractivity (Wildman–Crippen MR) is 102 cm³/mol. The van der Waals surface area contributed by atoms with Gasteiger partial charge in [0.25, 0.3) is 5.56 Å². The van der Waals surface area contributed by atoms with Crippen molar-refractivity contribution in [3.63, 3.8) is 0 Å². The number of benzene rings is 2. The normalized spacial score (nSPS) is 10.7. The lowest BCUT2D eigenvalue weighted by Gasteiger charge is -2.13. The van der Waals surface area contributed by atoms with Crippen molar-refractivity contribution < 1.29 is 14.2 Å². The van der Waals surface area contributed by atoms with Gasteiger partial charge in [-0.3, -0.25) is 4.79 Å². The van der Waals surface area contributed by atoms with Crippen LogP contribution in [0.2, 0.25) is 0 Å². The van der Waals surface area contributed by atoms with Crippen molar-refractivity contribution in [2.24, 2.45) is 0 Å². The number of unbranched alkanes of at least 4 members (excludes halogenated alkanes) is 1. The van der Waals surface area contributed by atoms with Crippen LogP contribution in [0.1, 0.15) is 25.3 Å². The van der Waals surface area contributed by atoms with Crippen LogP contribution in [0.5, 0.6) is 17.2 Å². The summed E-state index contributed by atoms with van der Waals surface area (Å²) < 4.78 is 16.9. The molecule has 0 fully saturated rings. The number of aromatic nitrogens is 1. The molecule has 0 saturated carbocycles. The summed E-state index contributed by atoms with van der Waals surface area (Å²) in [5, 5.41) is 0.783. The Kier molecular flexibility index (Phi) is 5.79. The largest absolute Gasteiger partial charge is 0.492 e. The molecule has 0 amide bonds. The van der Waals surface area contributed by atoms with Gasteiger partial charge >= 0.3 is 0 Å². The van der Waals surface area contributed by atoms with Crippen molar-refractivity contribution >= 4 is 10.9 Å². The summed E-state index contributed by atoms with van der Waals surface area (Å²) in [6.07, 6.45) is 1.88. The lowest BCUT2D eigenvalue weighted by Crippen LogP contribution is -2.14. The molecule has 0 aliphatic heterocycles. The van der Waals surface area contributed by atoms with Crippen LogP contribution in [0, 0.1) is 0 Å². The van der Waals surface area contributed by atoms with Gasteiger partial charge in [0.1, 0.15) is 12.4 Å². The van der Waals surface area contributed by atoms with E-state index in [-0.39, 0.29) is 11.3 Å². The minimum atomic E-state index is -0.300. The smallest absolute Gasteiger partial charge is 0.294 e. The van der Waals surface area contributed by atoms with Gasteiger partial charge in [-0.05, 0) is 24.1 Å². The number of fused-ring (bicyclic) bond motifs is 1. The van der Waals surface area contributed by atoms with E-state index in [1.807, 2.05) is 42.5 Å². The van der Waals surface area contributed by atoms with E-state index in [4.69, 9.17) is 14.2 Å². The highest BCUT2D eigenvalue weighted by Crippen LogP contribution is 2.33. The van der Waals surface area contributed by atoms with Gasteiger partial charge in [-0.15, -0.1) is 0 Å². The van der Waals surface area contributed by atoms with Crippen LogP contribution < -0.4 is 19.8 Å². The predicted octanol–water partition coefficient (Wildman–Crippen LogP) is 4.29. The highest BCUT2D eigenvalue weighted by Gasteiger charge is 2.15. The fourth-order valence-corrected chi connectivity index (χ4v) is 2.71. The van der Waals surface area contributed by atoms with E-state index in [9.17, 15) is 4.79 Å². The lowest BCUT2D eigenvalue weighted by molar-refractivity contribution is 0.285. The van der Waals surface area contributed by atoms with Gasteiger partial charge in [-0.25, -0.2) is 0 Å². The van der Waals surface area contributed by atoms with Gasteiger partial charge in [-0.1, -0.05) is 43.7 Å². The van der Waals surface area contributed by atoms with Gasteiger partial charge in [-0.2, -0.15) is 0 Å². The number of hydrogen-bond acceptors (Lipinski definition) is 4. The summed E-state index contributed by atoms with van der Waals surface area (Å²) in [6.45, 7) is 3.02. The van der Waals surface area contributed by atoms with Crippen LogP contribution in [-0.2, 0) is 6.61 Å². The van der Waals surface area contributed by atoms with Crippen molar-refractivity contribution in [2.75, 3.05) is 13.7 Å². The molecule has 5 heteroatoms. The minimum Gasteiger partial charge on any atom is -0.492 e. The number of hydrogen-bond donors (Lipinski definition) is 1. The van der Waals surface area contributed by atoms with E-state index in [1.165, 1.54) is 0 Å². The number of aromatic amines is 1. The quantitative estimate of drug-likeness (QED) is 0.614. The topological polar surface area (TPSA) is 60.6 Å². The van der Waals surface area contributed by atoms with E-state index in [0.717, 1.165) is 23.8 Å². The fraction of sp³-hybridized carbons (Fsp3) is 0.286. The summed E-state index contributed by atoms with van der Waals surface area (Å²) >= 11 is 0. The molecule has 0 aliphatic rings. The molecule has 136 valence electrons. The van der Waals surface area contributed by atoms with Crippen LogP contribution in [0.3, 0.4) is 0 Å². The van der Waals surface area contributed by atoms with E-state index in [0.29, 0.717) is 30.2 Å². The average Bonchev–Trinajstić information content (AvgIpc) is 2.67. The maximum Gasteiger partial charge on any atom is 0.294 e. The number of ether oxygens (including phenoxy) is 3. The molecule has 0 bridgehead atoms. The first-order valence-corrected chi connectivity index (χ1v) is 8.76. The molecule has 0 atom stereocenters. The number of methoxy groups -OCH3 is 1. The maximum absolute atomic E-state index is 12.4. The van der Waals surface area contributed by atoms with E-state index in [2.05, 4.69) is 11.9 Å². The lowest BCUT2D eigenvalue weighted by atomic mass is 10.2. The third-order valence-electron chi connectivity index (χ3n) is 4.09. The molecule has 1 N–H and O–H groups in total. The fourth-order valence-electron chi connectivity index (χ4n) is 2.71. The third kappa shape index (κ3) is 3.99. The summed E-state index contributed by atoms with van der Waals surface area (Å²) in [4.78, 5) is 15.3. The average molecular weight is 353 g/mol. The molecule has 1 aromatic heterocycles. The zero-order chi connectivity index (χ0) is 18.4. The Bertz CT molecular complexity index is 918. The second-order valence-corrected chi connectivity index (χ2v) is 6.00. The SMILES string of the molecule is CCCCOc1c(OC)c2ccc(OCc3ccccc3)cc2[nH]c1=O. The van der Waals surface area contributed by atoms with Gasteiger partial charge in [0, 0.05) is 11.5 Å². The first-order valence-electron chi connectivity index (χ1n) is 8.76. The number of rotatable bonds is 8. The first-order chi connectivity index (χ1) is 12.7. The van der Waals surface area contributed by atoms with E-state index < -0.39 is 0 Å². The summed E-state index contributed by atoms with van der Waals surface area (Å²) in [7, 11) is 1.54. The maximum atomic E-state index is 12.4. The summed E-state index contributed by atoms with van der Waals surface area (Å²) in [5.41, 5.74) is 1.43. The molecule has 0 spiro atoms. The molecule has 2 aromatic carbocycles. The van der Waals surface area contributed by atoms with Gasteiger partial charge < -0.3 is 19.2 Å². The number of H-pyrrole nitrogens is 1. The van der Waals surface area contributed by atoms with Crippen LogP contribution in [0.15, 0.2) is 53.3 Å². The van der Waals surface area contributed by atoms with Gasteiger partial charge in [0.2, 0.25) is 5.75 Å². The molecule has 3 aromatic rings. The van der Waals surface area contributed by atoms with E-state index >= 15 is 0 Å². The first kappa shape index (κ1) is 17.9. The zero-order valence-corrected chi connectivity index (χ0v) is 15.1. The van der Waals surface area contributed by atoms with Crippen molar-refractivity contribution in [2.45, 2.75) is 26.4 Å². The standard InChI is InChI=1S/C21H23NO4/c1-3-4-12-25-20-19(24-2)17-11-10-16(13-18(17)22-21(20)23)26-14-15-8-6-5-7-9-15/h5-11,13H,3-4,12,14H2,1-2H3,(H,22,23). The second-order valence-electron chi connectivity index (χ2n) is 6.00. The molecule has 0 unspecified atom stereocenters. The molecule has 3 rings (SSSR count). The molecule has 0 aliphatic carbocycles. The Morgan fingerprint density at radius 2 is 1.81 bits per heavy atom. The Morgan fingerprint density at radius 3 is 2.54 bits per heavy atom. The van der Waals surface area contributed by atoms with Crippen LogP contribution >= 0.6 is 0 Å². The van der Waals surface area contributed by atoms with Gasteiger partial charge in [0.05, 0.1) is 19.2 Å². The summed E-state index contributed by atoms with van der Waals surface area (Å²) in [6, 6.07) is 15.5. The van der Waals surface area contributed by atoms with Crippen LogP contribution in [0.4, 0.5) is 0 Å². The Morgan fingerprint density at radius 1 is 1.00 bits per heavy atom. The molecule has 0 radical (unpaired) electrons. The Labute approximate surface area is 152 Å². The van der Waals surface area contributed by atoms with Crippen molar-refractivity contribution in [3.05, 3.63) is 64.4 Å². The van der Waals surface area contributed by atoms with Crippen LogP contribution in [-0.4, -0.2) is 18.7 Å². The monoisotopic (exact) mass is 353 g/mol. The number of pyridine rings is 1. The zero-order valence-electron chi connectivity index (χ0n) is 15.1. The van der Waals surface area contributed by atoms with Crippen LogP contribution in [0.25, 0.3) is 10.9 Å². The molecule has 1 heterocycles. The van der Waals surface area contributed by atoms with Gasteiger partial charge in [0.15, 0.2) is 5.75 Å². The third-order valence-corrected chi connectivity index (χ3v) is 4.09. The molecule has 0 saturated heterocycles. The highest BCUT2D eigenvalue weighted by atomic mass is 16.5. The Hall–Kier alpha value is -2.95. The van der Waals surface area contributed by atoms with E-state index in [1.54, 1.807) is 13.2 Å². The molecular formula is C21H23NO4. The van der Waals surface area contributed by atoms with Crippen molar-refractivity contribution in [3.8, 4) is 17.2 Å². The second kappa shape index (κ2) is 8.43. The molecular weight excluding hydrogens is 330 g/mol. The summed E-state index contributed by atoms with van der Waals surface area (Å²) in [5.74, 6) is 1.36.